The molecule has 0 aliphatic rings. The Bertz CT molecular complexity index is 407. The first-order chi connectivity index (χ1) is 7.91. The highest BCUT2D eigenvalue weighted by molar-refractivity contribution is 5.76. The summed E-state index contributed by atoms with van der Waals surface area (Å²) in [6.07, 6.45) is -0.733. The Hall–Kier alpha value is -1.62. The number of halogens is 1. The van der Waals surface area contributed by atoms with E-state index in [0.717, 1.165) is 0 Å². The summed E-state index contributed by atoms with van der Waals surface area (Å²) in [6.45, 7) is 3.18. The molecule has 0 aliphatic heterocycles. The van der Waals surface area contributed by atoms with E-state index in [1.54, 1.807) is 19.9 Å². The molecule has 0 radical (unpaired) electrons. The Labute approximate surface area is 99.2 Å². The number of hydrogen-bond acceptors (Lipinski definition) is 3. The van der Waals surface area contributed by atoms with E-state index < -0.39 is 23.7 Å². The van der Waals surface area contributed by atoms with Gasteiger partial charge < -0.3 is 15.6 Å². The van der Waals surface area contributed by atoms with Gasteiger partial charge >= 0.3 is 0 Å². The van der Waals surface area contributed by atoms with Crippen molar-refractivity contribution in [3.63, 3.8) is 0 Å². The van der Waals surface area contributed by atoms with Gasteiger partial charge in [-0.1, -0.05) is 13.0 Å². The third kappa shape index (κ3) is 3.71. The molecule has 0 heterocycles. The minimum atomic E-state index is -0.733. The predicted molar refractivity (Wildman–Crippen MR) is 60.9 cm³/mol. The van der Waals surface area contributed by atoms with E-state index in [4.69, 9.17) is 10.5 Å². The zero-order valence-electron chi connectivity index (χ0n) is 9.81. The smallest absolute Gasteiger partial charge is 0.223 e. The van der Waals surface area contributed by atoms with Gasteiger partial charge in [-0.3, -0.25) is 4.79 Å². The molecule has 0 spiro atoms. The fraction of sp³-hybridized carbons (Fsp3) is 0.417. The van der Waals surface area contributed by atoms with Crippen LogP contribution in [0.25, 0.3) is 0 Å². The fourth-order valence-electron chi connectivity index (χ4n) is 1.19. The number of benzene rings is 1. The van der Waals surface area contributed by atoms with Crippen LogP contribution in [0.4, 0.5) is 4.39 Å². The van der Waals surface area contributed by atoms with Gasteiger partial charge in [-0.25, -0.2) is 4.39 Å². The second-order valence-electron chi connectivity index (χ2n) is 3.98. The number of aliphatic hydroxyl groups is 1. The monoisotopic (exact) mass is 241 g/mol. The molecule has 1 unspecified atom stereocenters. The summed E-state index contributed by atoms with van der Waals surface area (Å²) in [4.78, 5) is 10.8. The van der Waals surface area contributed by atoms with Crippen LogP contribution in [-0.4, -0.2) is 17.6 Å². The number of carbonyl (C=O) groups is 1. The van der Waals surface area contributed by atoms with Crippen LogP contribution in [-0.2, 0) is 4.79 Å². The second kappa shape index (κ2) is 5.63. The summed E-state index contributed by atoms with van der Waals surface area (Å²) >= 11 is 0. The Morgan fingerprint density at radius 1 is 1.53 bits per heavy atom. The number of rotatable bonds is 5. The summed E-state index contributed by atoms with van der Waals surface area (Å²) < 4.78 is 18.6. The van der Waals surface area contributed by atoms with Crippen molar-refractivity contribution in [1.82, 2.24) is 0 Å². The first-order valence-corrected chi connectivity index (χ1v) is 5.31. The zero-order valence-corrected chi connectivity index (χ0v) is 9.81. The van der Waals surface area contributed by atoms with Gasteiger partial charge in [-0.2, -0.15) is 0 Å². The van der Waals surface area contributed by atoms with E-state index in [2.05, 4.69) is 0 Å². The average Bonchev–Trinajstić information content (AvgIpc) is 2.26. The van der Waals surface area contributed by atoms with E-state index in [9.17, 15) is 14.3 Å². The van der Waals surface area contributed by atoms with Crippen LogP contribution in [0.3, 0.4) is 0 Å². The maximum Gasteiger partial charge on any atom is 0.223 e. The van der Waals surface area contributed by atoms with Gasteiger partial charge in [0.15, 0.2) is 11.6 Å². The zero-order chi connectivity index (χ0) is 13.0. The first kappa shape index (κ1) is 13.4. The Kier molecular flexibility index (Phi) is 4.45. The molecule has 1 aromatic rings. The molecule has 17 heavy (non-hydrogen) atoms. The van der Waals surface area contributed by atoms with Crippen LogP contribution in [0.1, 0.15) is 25.5 Å². The predicted octanol–water partition coefficient (Wildman–Crippen LogP) is 1.38. The van der Waals surface area contributed by atoms with Crippen molar-refractivity contribution in [2.24, 2.45) is 11.7 Å². The Morgan fingerprint density at radius 3 is 2.65 bits per heavy atom. The number of nitrogens with two attached hydrogens (primary N) is 1. The molecule has 0 bridgehead atoms. The van der Waals surface area contributed by atoms with Crippen molar-refractivity contribution in [2.45, 2.75) is 20.0 Å². The minimum Gasteiger partial charge on any atom is -0.490 e. The maximum atomic E-state index is 13.5. The average molecular weight is 241 g/mol. The van der Waals surface area contributed by atoms with Crippen LogP contribution in [0, 0.1) is 11.7 Å². The number of primary amides is 1. The van der Waals surface area contributed by atoms with Gasteiger partial charge in [0.25, 0.3) is 0 Å². The van der Waals surface area contributed by atoms with Gasteiger partial charge in [-0.15, -0.1) is 0 Å². The summed E-state index contributed by atoms with van der Waals surface area (Å²) in [6, 6.07) is 4.19. The molecule has 2 atom stereocenters. The Morgan fingerprint density at radius 2 is 2.18 bits per heavy atom. The second-order valence-corrected chi connectivity index (χ2v) is 3.98. The number of aliphatic hydroxyl groups excluding tert-OH is 1. The summed E-state index contributed by atoms with van der Waals surface area (Å²) in [7, 11) is 0. The largest absolute Gasteiger partial charge is 0.490 e. The molecule has 0 saturated carbocycles. The molecule has 0 aromatic heterocycles. The van der Waals surface area contributed by atoms with Gasteiger partial charge in [0, 0.05) is 0 Å². The van der Waals surface area contributed by atoms with Crippen LogP contribution in [0.2, 0.25) is 0 Å². The van der Waals surface area contributed by atoms with Gasteiger partial charge in [0.1, 0.15) is 0 Å². The summed E-state index contributed by atoms with van der Waals surface area (Å²) in [5.41, 5.74) is 5.53. The summed E-state index contributed by atoms with van der Waals surface area (Å²) in [5, 5.41) is 9.26. The molecule has 1 aromatic carbocycles. The molecular weight excluding hydrogens is 225 g/mol. The highest BCUT2D eigenvalue weighted by Gasteiger charge is 2.12. The molecule has 1 amide bonds. The van der Waals surface area contributed by atoms with Crippen LogP contribution in [0.5, 0.6) is 5.75 Å². The quantitative estimate of drug-likeness (QED) is 0.818. The summed E-state index contributed by atoms with van der Waals surface area (Å²) in [5.74, 6) is -1.50. The number of hydrogen-bond donors (Lipinski definition) is 2. The van der Waals surface area contributed by atoms with Gasteiger partial charge in [0.05, 0.1) is 18.6 Å². The van der Waals surface area contributed by atoms with Crippen LogP contribution in [0.15, 0.2) is 18.2 Å². The molecular formula is C12H16FNO3. The third-order valence-electron chi connectivity index (χ3n) is 2.41. The van der Waals surface area contributed by atoms with Crippen LogP contribution >= 0.6 is 0 Å². The lowest BCUT2D eigenvalue weighted by molar-refractivity contribution is -0.122. The maximum absolute atomic E-state index is 13.5. The van der Waals surface area contributed by atoms with Crippen molar-refractivity contribution in [2.75, 3.05) is 6.61 Å². The minimum absolute atomic E-state index is 0.0281. The van der Waals surface area contributed by atoms with E-state index >= 15 is 0 Å². The normalized spacial score (nSPS) is 14.1. The highest BCUT2D eigenvalue weighted by atomic mass is 19.1. The highest BCUT2D eigenvalue weighted by Crippen LogP contribution is 2.22. The van der Waals surface area contributed by atoms with Crippen LogP contribution < -0.4 is 10.5 Å². The van der Waals surface area contributed by atoms with Crippen molar-refractivity contribution in [3.05, 3.63) is 29.6 Å². The number of ether oxygens (including phenoxy) is 1. The molecule has 1 rings (SSSR count). The molecule has 5 heteroatoms. The van der Waals surface area contributed by atoms with Gasteiger partial charge in [-0.05, 0) is 24.6 Å². The molecule has 0 aliphatic carbocycles. The third-order valence-corrected chi connectivity index (χ3v) is 2.41. The van der Waals surface area contributed by atoms with E-state index in [1.165, 1.54) is 12.1 Å². The molecule has 0 saturated heterocycles. The topological polar surface area (TPSA) is 72.6 Å². The molecule has 4 nitrogen and oxygen atoms in total. The lowest BCUT2D eigenvalue weighted by atomic mass is 10.1. The van der Waals surface area contributed by atoms with Crippen molar-refractivity contribution >= 4 is 5.91 Å². The molecule has 94 valence electrons. The number of carbonyl (C=O) groups excluding carboxylic acids is 1. The lowest BCUT2D eigenvalue weighted by Crippen LogP contribution is -2.25. The van der Waals surface area contributed by atoms with Crippen molar-refractivity contribution in [3.8, 4) is 5.75 Å². The van der Waals surface area contributed by atoms with Crippen molar-refractivity contribution in [1.29, 1.82) is 0 Å². The standard InChI is InChI=1S/C12H16FNO3/c1-7(12(14)16)6-17-11-4-3-9(8(2)15)5-10(11)13/h3-5,7-8,15H,6H2,1-2H3,(H2,14,16)/t7?,8-/m1/s1. The molecule has 3 N–H and O–H groups in total. The van der Waals surface area contributed by atoms with E-state index in [1.807, 2.05) is 0 Å². The van der Waals surface area contributed by atoms with E-state index in [0.29, 0.717) is 5.56 Å². The van der Waals surface area contributed by atoms with E-state index in [-0.39, 0.29) is 12.4 Å². The van der Waals surface area contributed by atoms with Crippen molar-refractivity contribution < 1.29 is 19.0 Å². The lowest BCUT2D eigenvalue weighted by Gasteiger charge is -2.12. The molecule has 0 fully saturated rings. The van der Waals surface area contributed by atoms with Gasteiger partial charge in [0.2, 0.25) is 5.91 Å². The fourth-order valence-corrected chi connectivity index (χ4v) is 1.19. The SMILES string of the molecule is CC(COc1ccc([C@@H](C)O)cc1F)C(N)=O. The number of amides is 1. The first-order valence-electron chi connectivity index (χ1n) is 5.31. The Balaban J connectivity index is 2.70.